The Morgan fingerprint density at radius 3 is 2.08 bits per heavy atom. The molecule has 0 atom stereocenters. The van der Waals surface area contributed by atoms with Crippen LogP contribution in [0.3, 0.4) is 0 Å². The third-order valence-electron chi connectivity index (χ3n) is 6.60. The van der Waals surface area contributed by atoms with Crippen LogP contribution in [-0.4, -0.2) is 56.9 Å². The van der Waals surface area contributed by atoms with E-state index in [0.29, 0.717) is 48.6 Å². The Morgan fingerprint density at radius 1 is 0.816 bits per heavy atom. The van der Waals surface area contributed by atoms with Gasteiger partial charge in [-0.3, -0.25) is 14.5 Å². The molecule has 6 rings (SSSR count). The number of benzene rings is 2. The molecule has 1 amide bonds. The highest BCUT2D eigenvalue weighted by Crippen LogP contribution is 2.42. The number of aromatic nitrogens is 4. The molecule has 4 heterocycles. The molecular formula is C29H23F2N5O2. The number of morpholine rings is 1. The molecule has 5 aromatic rings. The van der Waals surface area contributed by atoms with Gasteiger partial charge >= 0.3 is 0 Å². The Hall–Kier alpha value is -4.50. The zero-order valence-corrected chi connectivity index (χ0v) is 20.3. The number of hydrogen-bond donors (Lipinski definition) is 0. The van der Waals surface area contributed by atoms with Crippen molar-refractivity contribution in [3.63, 3.8) is 0 Å². The van der Waals surface area contributed by atoms with Crippen LogP contribution in [0.15, 0.2) is 79.3 Å². The molecule has 0 spiro atoms. The molecule has 3 aromatic heterocycles. The molecule has 0 bridgehead atoms. The highest BCUT2D eigenvalue weighted by molar-refractivity contribution is 6.06. The van der Waals surface area contributed by atoms with Crippen LogP contribution in [0.1, 0.15) is 0 Å². The van der Waals surface area contributed by atoms with Crippen molar-refractivity contribution in [3.05, 3.63) is 90.9 Å². The molecule has 2 aromatic carbocycles. The quantitative estimate of drug-likeness (QED) is 0.333. The summed E-state index contributed by atoms with van der Waals surface area (Å²) < 4.78 is 34.7. The van der Waals surface area contributed by atoms with E-state index in [1.807, 2.05) is 12.1 Å². The van der Waals surface area contributed by atoms with Gasteiger partial charge in [-0.2, -0.15) is 5.10 Å². The monoisotopic (exact) mass is 511 g/mol. The van der Waals surface area contributed by atoms with Crippen molar-refractivity contribution in [2.75, 3.05) is 26.3 Å². The number of pyridine rings is 2. The molecule has 9 heteroatoms. The van der Waals surface area contributed by atoms with Crippen LogP contribution in [0.2, 0.25) is 0 Å². The van der Waals surface area contributed by atoms with Gasteiger partial charge in [-0.1, -0.05) is 12.1 Å². The zero-order chi connectivity index (χ0) is 26.1. The standard InChI is InChI=1S/C29H23F2N5O2/c30-22-5-1-19(2-6-22)26-24-17-36(18-25(37)35-13-15-38-16-14-35)34-29(24)33-28(21-3-7-23(31)8-4-21)27(26)20-9-11-32-12-10-20/h1-12,17H,13-16,18H2. The van der Waals surface area contributed by atoms with Gasteiger partial charge in [0.25, 0.3) is 0 Å². The minimum absolute atomic E-state index is 0.0513. The lowest BCUT2D eigenvalue weighted by Gasteiger charge is -2.26. The molecule has 1 fully saturated rings. The highest BCUT2D eigenvalue weighted by atomic mass is 19.1. The van der Waals surface area contributed by atoms with E-state index in [1.54, 1.807) is 52.4 Å². The lowest BCUT2D eigenvalue weighted by atomic mass is 9.90. The third-order valence-corrected chi connectivity index (χ3v) is 6.60. The molecule has 38 heavy (non-hydrogen) atoms. The maximum atomic E-state index is 13.9. The third kappa shape index (κ3) is 4.64. The number of halogens is 2. The van der Waals surface area contributed by atoms with Crippen LogP contribution in [0.5, 0.6) is 0 Å². The first-order valence-electron chi connectivity index (χ1n) is 12.3. The first kappa shape index (κ1) is 23.9. The number of hydrogen-bond acceptors (Lipinski definition) is 5. The highest BCUT2D eigenvalue weighted by Gasteiger charge is 2.23. The number of carbonyl (C=O) groups is 1. The van der Waals surface area contributed by atoms with Crippen LogP contribution in [-0.2, 0) is 16.1 Å². The molecule has 0 unspecified atom stereocenters. The van der Waals surface area contributed by atoms with Crippen molar-refractivity contribution in [1.29, 1.82) is 0 Å². The number of carbonyl (C=O) groups excluding carboxylic acids is 1. The zero-order valence-electron chi connectivity index (χ0n) is 20.3. The van der Waals surface area contributed by atoms with E-state index in [9.17, 15) is 13.6 Å². The Kier molecular flexibility index (Phi) is 6.35. The number of nitrogens with zero attached hydrogens (tertiary/aromatic N) is 5. The maximum absolute atomic E-state index is 13.9. The summed E-state index contributed by atoms with van der Waals surface area (Å²) in [5.74, 6) is -0.766. The number of amides is 1. The summed E-state index contributed by atoms with van der Waals surface area (Å²) in [5.41, 5.74) is 4.87. The number of ether oxygens (including phenoxy) is 1. The van der Waals surface area contributed by atoms with Crippen molar-refractivity contribution in [2.24, 2.45) is 0 Å². The van der Waals surface area contributed by atoms with Gasteiger partial charge in [0.2, 0.25) is 5.91 Å². The van der Waals surface area contributed by atoms with Gasteiger partial charge in [0.05, 0.1) is 18.9 Å². The summed E-state index contributed by atoms with van der Waals surface area (Å²) in [6.07, 6.45) is 5.18. The van der Waals surface area contributed by atoms with E-state index >= 15 is 0 Å². The van der Waals surface area contributed by atoms with Crippen LogP contribution in [0, 0.1) is 11.6 Å². The van der Waals surface area contributed by atoms with Gasteiger partial charge in [-0.25, -0.2) is 13.8 Å². The molecule has 0 radical (unpaired) electrons. The molecule has 0 N–H and O–H groups in total. The second-order valence-corrected chi connectivity index (χ2v) is 9.02. The minimum Gasteiger partial charge on any atom is -0.378 e. The fourth-order valence-electron chi connectivity index (χ4n) is 4.75. The topological polar surface area (TPSA) is 73.1 Å². The second-order valence-electron chi connectivity index (χ2n) is 9.02. The van der Waals surface area contributed by atoms with Crippen LogP contribution in [0.25, 0.3) is 44.5 Å². The summed E-state index contributed by atoms with van der Waals surface area (Å²) in [7, 11) is 0. The molecule has 7 nitrogen and oxygen atoms in total. The van der Waals surface area contributed by atoms with Crippen LogP contribution >= 0.6 is 0 Å². The normalized spacial score (nSPS) is 13.7. The molecule has 0 saturated carbocycles. The Morgan fingerprint density at radius 2 is 1.42 bits per heavy atom. The fourth-order valence-corrected chi connectivity index (χ4v) is 4.75. The van der Waals surface area contributed by atoms with Crippen molar-refractivity contribution < 1.29 is 18.3 Å². The SMILES string of the molecule is O=C(Cn1cc2c(-c3ccc(F)cc3)c(-c3ccncc3)c(-c3ccc(F)cc3)nc2n1)N1CCOCC1. The van der Waals surface area contributed by atoms with E-state index in [2.05, 4.69) is 10.1 Å². The lowest BCUT2D eigenvalue weighted by Crippen LogP contribution is -2.42. The second kappa shape index (κ2) is 10.1. The fraction of sp³-hybridized carbons (Fsp3) is 0.172. The van der Waals surface area contributed by atoms with Gasteiger partial charge in [-0.05, 0) is 59.7 Å². The largest absolute Gasteiger partial charge is 0.378 e. The Bertz CT molecular complexity index is 1600. The summed E-state index contributed by atoms with van der Waals surface area (Å²) in [6, 6.07) is 16.1. The van der Waals surface area contributed by atoms with Crippen molar-refractivity contribution >= 4 is 16.9 Å². The molecule has 190 valence electrons. The summed E-state index contributed by atoms with van der Waals surface area (Å²) in [4.78, 5) is 23.8. The van der Waals surface area contributed by atoms with Crippen LogP contribution in [0.4, 0.5) is 8.78 Å². The van der Waals surface area contributed by atoms with Gasteiger partial charge in [0, 0.05) is 53.8 Å². The van der Waals surface area contributed by atoms with Gasteiger partial charge in [0.1, 0.15) is 18.2 Å². The Labute approximate surface area is 217 Å². The van der Waals surface area contributed by atoms with E-state index < -0.39 is 0 Å². The van der Waals surface area contributed by atoms with Gasteiger partial charge in [-0.15, -0.1) is 0 Å². The van der Waals surface area contributed by atoms with Gasteiger partial charge < -0.3 is 9.64 Å². The van der Waals surface area contributed by atoms with Crippen molar-refractivity contribution in [2.45, 2.75) is 6.54 Å². The van der Waals surface area contributed by atoms with Crippen molar-refractivity contribution in [3.8, 4) is 33.5 Å². The molecule has 1 aliphatic rings. The van der Waals surface area contributed by atoms with Gasteiger partial charge in [0.15, 0.2) is 5.65 Å². The summed E-state index contributed by atoms with van der Waals surface area (Å²) in [6.45, 7) is 2.16. The predicted octanol–water partition coefficient (Wildman–Crippen LogP) is 4.96. The first-order valence-corrected chi connectivity index (χ1v) is 12.3. The number of fused-ring (bicyclic) bond motifs is 1. The predicted molar refractivity (Wildman–Crippen MR) is 139 cm³/mol. The number of rotatable bonds is 5. The maximum Gasteiger partial charge on any atom is 0.244 e. The smallest absolute Gasteiger partial charge is 0.244 e. The van der Waals surface area contributed by atoms with Crippen LogP contribution < -0.4 is 0 Å². The van der Waals surface area contributed by atoms with E-state index in [1.165, 1.54) is 24.3 Å². The molecule has 1 aliphatic heterocycles. The average Bonchev–Trinajstić information content (AvgIpc) is 3.36. The molecule has 0 aliphatic carbocycles. The summed E-state index contributed by atoms with van der Waals surface area (Å²) in [5, 5.41) is 5.37. The van der Waals surface area contributed by atoms with E-state index in [-0.39, 0.29) is 24.1 Å². The first-order chi connectivity index (χ1) is 18.6. The van der Waals surface area contributed by atoms with E-state index in [0.717, 1.165) is 22.3 Å². The minimum atomic E-state index is -0.357. The average molecular weight is 512 g/mol. The molecular weight excluding hydrogens is 488 g/mol. The van der Waals surface area contributed by atoms with E-state index in [4.69, 9.17) is 9.72 Å². The lowest BCUT2D eigenvalue weighted by molar-refractivity contribution is -0.136. The Balaban J connectivity index is 1.58. The molecule has 1 saturated heterocycles. The van der Waals surface area contributed by atoms with Crippen molar-refractivity contribution in [1.82, 2.24) is 24.6 Å². The summed E-state index contributed by atoms with van der Waals surface area (Å²) >= 11 is 0.